The van der Waals surface area contributed by atoms with Crippen molar-refractivity contribution in [3.8, 4) is 11.5 Å². The topological polar surface area (TPSA) is 34.2 Å². The summed E-state index contributed by atoms with van der Waals surface area (Å²) in [6.45, 7) is 9.82. The van der Waals surface area contributed by atoms with E-state index in [2.05, 4.69) is 21.9 Å². The lowest BCUT2D eigenvalue weighted by Gasteiger charge is -2.29. The number of likely N-dealkylation sites (tertiary alicyclic amines) is 1. The van der Waals surface area contributed by atoms with Crippen molar-refractivity contribution in [1.82, 2.24) is 9.80 Å². The van der Waals surface area contributed by atoms with Gasteiger partial charge in [-0.3, -0.25) is 9.80 Å². The van der Waals surface area contributed by atoms with Crippen LogP contribution in [0.25, 0.3) is 0 Å². The summed E-state index contributed by atoms with van der Waals surface area (Å²) in [6.07, 6.45) is 1.30. The first-order valence-corrected chi connectivity index (χ1v) is 8.78. The lowest BCUT2D eigenvalue weighted by Crippen LogP contribution is -2.39. The van der Waals surface area contributed by atoms with Gasteiger partial charge < -0.3 is 14.2 Å². The first kappa shape index (κ1) is 15.2. The third-order valence-corrected chi connectivity index (χ3v) is 5.03. The van der Waals surface area contributed by atoms with Crippen LogP contribution in [0.2, 0.25) is 0 Å². The predicted octanol–water partition coefficient (Wildman–Crippen LogP) is 1.61. The van der Waals surface area contributed by atoms with Gasteiger partial charge in [0.2, 0.25) is 0 Å². The van der Waals surface area contributed by atoms with E-state index in [4.69, 9.17) is 14.2 Å². The van der Waals surface area contributed by atoms with Gasteiger partial charge in [0.05, 0.1) is 13.2 Å². The Labute approximate surface area is 138 Å². The molecule has 0 saturated carbocycles. The van der Waals surface area contributed by atoms with Crippen LogP contribution in [0.4, 0.5) is 0 Å². The van der Waals surface area contributed by atoms with Crippen molar-refractivity contribution in [2.24, 2.45) is 5.92 Å². The maximum atomic E-state index is 5.84. The SMILES string of the molecule is c1cc(CN2CCC(CN3CCOCC3)C2)c2c(c1)OCCO2. The minimum atomic E-state index is 0.655. The Kier molecular flexibility index (Phi) is 4.69. The first-order chi connectivity index (χ1) is 11.4. The molecule has 1 unspecified atom stereocenters. The molecule has 1 aromatic carbocycles. The van der Waals surface area contributed by atoms with E-state index in [9.17, 15) is 0 Å². The Morgan fingerprint density at radius 3 is 2.74 bits per heavy atom. The number of hydrogen-bond acceptors (Lipinski definition) is 5. The standard InChI is InChI=1S/C18H26N2O3/c1-2-16(18-17(3-1)22-10-11-23-18)14-20-5-4-15(13-20)12-19-6-8-21-9-7-19/h1-3,15H,4-14H2. The third kappa shape index (κ3) is 3.62. The highest BCUT2D eigenvalue weighted by molar-refractivity contribution is 5.47. The molecule has 2 fully saturated rings. The fraction of sp³-hybridized carbons (Fsp3) is 0.667. The highest BCUT2D eigenvalue weighted by Crippen LogP contribution is 2.35. The van der Waals surface area contributed by atoms with E-state index in [1.807, 2.05) is 6.07 Å². The zero-order chi connectivity index (χ0) is 15.5. The minimum Gasteiger partial charge on any atom is -0.486 e. The normalized spacial score (nSPS) is 25.7. The van der Waals surface area contributed by atoms with Crippen LogP contribution in [0.5, 0.6) is 11.5 Å². The highest BCUT2D eigenvalue weighted by Gasteiger charge is 2.26. The number of hydrogen-bond donors (Lipinski definition) is 0. The average molecular weight is 318 g/mol. The van der Waals surface area contributed by atoms with Gasteiger partial charge in [-0.2, -0.15) is 0 Å². The molecule has 3 heterocycles. The molecule has 0 aromatic heterocycles. The predicted molar refractivity (Wildman–Crippen MR) is 88.1 cm³/mol. The maximum absolute atomic E-state index is 5.84. The molecule has 4 rings (SSSR count). The molecular formula is C18H26N2O3. The molecule has 2 saturated heterocycles. The molecule has 3 aliphatic heterocycles. The second-order valence-electron chi connectivity index (χ2n) is 6.74. The summed E-state index contributed by atoms with van der Waals surface area (Å²) >= 11 is 0. The van der Waals surface area contributed by atoms with Crippen molar-refractivity contribution in [1.29, 1.82) is 0 Å². The van der Waals surface area contributed by atoms with Gasteiger partial charge in [0.1, 0.15) is 13.2 Å². The summed E-state index contributed by atoms with van der Waals surface area (Å²) in [5, 5.41) is 0. The Hall–Kier alpha value is -1.30. The van der Waals surface area contributed by atoms with Gasteiger partial charge in [-0.15, -0.1) is 0 Å². The molecule has 5 nitrogen and oxygen atoms in total. The van der Waals surface area contributed by atoms with Crippen molar-refractivity contribution in [3.63, 3.8) is 0 Å². The van der Waals surface area contributed by atoms with Gasteiger partial charge in [0.15, 0.2) is 11.5 Å². The summed E-state index contributed by atoms with van der Waals surface area (Å²) in [5.41, 5.74) is 1.26. The molecule has 126 valence electrons. The van der Waals surface area contributed by atoms with Gasteiger partial charge in [0, 0.05) is 38.3 Å². The van der Waals surface area contributed by atoms with Gasteiger partial charge >= 0.3 is 0 Å². The summed E-state index contributed by atoms with van der Waals surface area (Å²) in [7, 11) is 0. The number of para-hydroxylation sites is 1. The third-order valence-electron chi connectivity index (χ3n) is 5.03. The number of morpholine rings is 1. The number of ether oxygens (including phenoxy) is 3. The number of benzene rings is 1. The van der Waals surface area contributed by atoms with E-state index in [0.29, 0.717) is 13.2 Å². The molecular weight excluding hydrogens is 292 g/mol. The van der Waals surface area contributed by atoms with E-state index >= 15 is 0 Å². The molecule has 0 aliphatic carbocycles. The Balaban J connectivity index is 1.34. The molecule has 5 heteroatoms. The van der Waals surface area contributed by atoms with E-state index < -0.39 is 0 Å². The molecule has 0 bridgehead atoms. The van der Waals surface area contributed by atoms with Crippen LogP contribution in [0, 0.1) is 5.92 Å². The summed E-state index contributed by atoms with van der Waals surface area (Å²) in [4.78, 5) is 5.11. The van der Waals surface area contributed by atoms with Crippen molar-refractivity contribution < 1.29 is 14.2 Å². The molecule has 0 N–H and O–H groups in total. The van der Waals surface area contributed by atoms with E-state index in [1.165, 1.54) is 31.6 Å². The van der Waals surface area contributed by atoms with Crippen LogP contribution >= 0.6 is 0 Å². The average Bonchev–Trinajstić information content (AvgIpc) is 3.03. The molecule has 23 heavy (non-hydrogen) atoms. The zero-order valence-electron chi connectivity index (χ0n) is 13.7. The lowest BCUT2D eigenvalue weighted by molar-refractivity contribution is 0.0311. The van der Waals surface area contributed by atoms with Crippen LogP contribution in [0.15, 0.2) is 18.2 Å². The Morgan fingerprint density at radius 2 is 1.83 bits per heavy atom. The summed E-state index contributed by atoms with van der Waals surface area (Å²) in [6, 6.07) is 6.25. The highest BCUT2D eigenvalue weighted by atomic mass is 16.6. The van der Waals surface area contributed by atoms with Crippen LogP contribution in [-0.2, 0) is 11.3 Å². The molecule has 0 radical (unpaired) electrons. The maximum Gasteiger partial charge on any atom is 0.165 e. The van der Waals surface area contributed by atoms with Crippen molar-refractivity contribution in [2.45, 2.75) is 13.0 Å². The van der Waals surface area contributed by atoms with E-state index in [0.717, 1.165) is 50.3 Å². The summed E-state index contributed by atoms with van der Waals surface area (Å²) < 4.78 is 17.0. The number of nitrogens with zero attached hydrogens (tertiary/aromatic N) is 2. The largest absolute Gasteiger partial charge is 0.486 e. The van der Waals surface area contributed by atoms with Gasteiger partial charge in [-0.05, 0) is 24.9 Å². The smallest absolute Gasteiger partial charge is 0.165 e. The fourth-order valence-electron chi connectivity index (χ4n) is 3.85. The van der Waals surface area contributed by atoms with Crippen LogP contribution in [0.3, 0.4) is 0 Å². The van der Waals surface area contributed by atoms with Crippen molar-refractivity contribution >= 4 is 0 Å². The van der Waals surface area contributed by atoms with Crippen molar-refractivity contribution in [2.75, 3.05) is 59.2 Å². The molecule has 0 amide bonds. The first-order valence-electron chi connectivity index (χ1n) is 8.78. The lowest BCUT2D eigenvalue weighted by atomic mass is 10.1. The number of rotatable bonds is 4. The quantitative estimate of drug-likeness (QED) is 0.843. The zero-order valence-corrected chi connectivity index (χ0v) is 13.7. The fourth-order valence-corrected chi connectivity index (χ4v) is 3.85. The molecule has 1 atom stereocenters. The van der Waals surface area contributed by atoms with Crippen LogP contribution in [-0.4, -0.2) is 69.0 Å². The van der Waals surface area contributed by atoms with E-state index in [-0.39, 0.29) is 0 Å². The molecule has 3 aliphatic rings. The van der Waals surface area contributed by atoms with Gasteiger partial charge in [-0.25, -0.2) is 0 Å². The summed E-state index contributed by atoms with van der Waals surface area (Å²) in [5.74, 6) is 2.64. The van der Waals surface area contributed by atoms with Gasteiger partial charge in [-0.1, -0.05) is 12.1 Å². The minimum absolute atomic E-state index is 0.655. The second-order valence-corrected chi connectivity index (χ2v) is 6.74. The van der Waals surface area contributed by atoms with Gasteiger partial charge in [0.25, 0.3) is 0 Å². The molecule has 1 aromatic rings. The molecule has 0 spiro atoms. The number of fused-ring (bicyclic) bond motifs is 1. The second kappa shape index (κ2) is 7.07. The van der Waals surface area contributed by atoms with E-state index in [1.54, 1.807) is 0 Å². The van der Waals surface area contributed by atoms with Crippen molar-refractivity contribution in [3.05, 3.63) is 23.8 Å². The van der Waals surface area contributed by atoms with Crippen LogP contribution < -0.4 is 9.47 Å². The monoisotopic (exact) mass is 318 g/mol. The Bertz CT molecular complexity index is 531. The Morgan fingerprint density at radius 1 is 0.957 bits per heavy atom. The van der Waals surface area contributed by atoms with Crippen LogP contribution in [0.1, 0.15) is 12.0 Å².